The van der Waals surface area contributed by atoms with Crippen molar-refractivity contribution in [3.63, 3.8) is 0 Å². The van der Waals surface area contributed by atoms with E-state index in [4.69, 9.17) is 5.26 Å². The van der Waals surface area contributed by atoms with Crippen LogP contribution in [-0.2, 0) is 4.79 Å². The lowest BCUT2D eigenvalue weighted by molar-refractivity contribution is -0.132. The fourth-order valence-electron chi connectivity index (χ4n) is 5.26. The highest BCUT2D eigenvalue weighted by Gasteiger charge is 2.42. The lowest BCUT2D eigenvalue weighted by Gasteiger charge is -2.28. The fraction of sp³-hybridized carbons (Fsp3) is 0.407. The summed E-state index contributed by atoms with van der Waals surface area (Å²) in [4.78, 5) is 15.0. The standard InChI is InChI=1S/C27H30N2O2S/c1-4-14-27(2,3)32-21-11-9-20(10-12-21)29-24-7-5-6-22(24)23-16-18(8-13-25(23)29)15-19(17-28)26(30)31/h8-13,15-16,22,24H,4-7,14H2,1-3H3,(H,30,31)/b19-15+. The molecule has 0 aromatic heterocycles. The van der Waals surface area contributed by atoms with Gasteiger partial charge in [0.05, 0.1) is 0 Å². The van der Waals surface area contributed by atoms with Crippen molar-refractivity contribution in [3.8, 4) is 6.07 Å². The topological polar surface area (TPSA) is 64.3 Å². The van der Waals surface area contributed by atoms with Gasteiger partial charge in [0.1, 0.15) is 11.6 Å². The molecule has 32 heavy (non-hydrogen) atoms. The molecule has 0 saturated heterocycles. The molecule has 2 aromatic rings. The Morgan fingerprint density at radius 2 is 2.00 bits per heavy atom. The van der Waals surface area contributed by atoms with E-state index >= 15 is 0 Å². The number of benzene rings is 2. The van der Waals surface area contributed by atoms with Crippen LogP contribution in [0.5, 0.6) is 0 Å². The van der Waals surface area contributed by atoms with Crippen molar-refractivity contribution in [1.29, 1.82) is 5.26 Å². The molecule has 166 valence electrons. The number of thioether (sulfide) groups is 1. The van der Waals surface area contributed by atoms with Crippen molar-refractivity contribution >= 4 is 35.2 Å². The van der Waals surface area contributed by atoms with Gasteiger partial charge in [-0.25, -0.2) is 4.79 Å². The van der Waals surface area contributed by atoms with Gasteiger partial charge in [0.15, 0.2) is 0 Å². The highest BCUT2D eigenvalue weighted by molar-refractivity contribution is 8.00. The summed E-state index contributed by atoms with van der Waals surface area (Å²) < 4.78 is 0.231. The first-order valence-electron chi connectivity index (χ1n) is 11.4. The molecule has 5 heteroatoms. The van der Waals surface area contributed by atoms with Gasteiger partial charge < -0.3 is 10.0 Å². The predicted octanol–water partition coefficient (Wildman–Crippen LogP) is 7.14. The Hall–Kier alpha value is -2.71. The van der Waals surface area contributed by atoms with E-state index in [9.17, 15) is 9.90 Å². The van der Waals surface area contributed by atoms with Crippen LogP contribution in [0.3, 0.4) is 0 Å². The van der Waals surface area contributed by atoms with Crippen molar-refractivity contribution in [1.82, 2.24) is 0 Å². The minimum atomic E-state index is -1.19. The van der Waals surface area contributed by atoms with E-state index in [1.54, 1.807) is 6.07 Å². The summed E-state index contributed by atoms with van der Waals surface area (Å²) in [7, 11) is 0. The average Bonchev–Trinajstić information content (AvgIpc) is 3.33. The molecule has 0 spiro atoms. The van der Waals surface area contributed by atoms with Gasteiger partial charge in [-0.1, -0.05) is 39.7 Å². The lowest BCUT2D eigenvalue weighted by Crippen LogP contribution is -2.26. The first kappa shape index (κ1) is 22.5. The molecule has 1 aliphatic carbocycles. The van der Waals surface area contributed by atoms with Crippen molar-refractivity contribution in [2.24, 2.45) is 0 Å². The number of nitrogens with zero attached hydrogens (tertiary/aromatic N) is 2. The smallest absolute Gasteiger partial charge is 0.346 e. The van der Waals surface area contributed by atoms with Gasteiger partial charge in [-0.05, 0) is 72.9 Å². The summed E-state index contributed by atoms with van der Waals surface area (Å²) in [6.45, 7) is 6.85. The van der Waals surface area contributed by atoms with Crippen molar-refractivity contribution in [2.45, 2.75) is 74.5 Å². The van der Waals surface area contributed by atoms with Gasteiger partial charge in [0.25, 0.3) is 0 Å². The van der Waals surface area contributed by atoms with Crippen LogP contribution in [0, 0.1) is 11.3 Å². The Labute approximate surface area is 194 Å². The molecule has 1 saturated carbocycles. The molecule has 0 bridgehead atoms. The number of aliphatic carboxylic acids is 1. The Balaban J connectivity index is 1.64. The number of rotatable bonds is 7. The third kappa shape index (κ3) is 4.42. The van der Waals surface area contributed by atoms with E-state index in [1.807, 2.05) is 17.8 Å². The number of nitriles is 1. The summed E-state index contributed by atoms with van der Waals surface area (Å²) in [5, 5.41) is 18.3. The first-order chi connectivity index (χ1) is 15.3. The molecule has 0 amide bonds. The Morgan fingerprint density at radius 1 is 1.25 bits per heavy atom. The molecule has 2 aliphatic rings. The van der Waals surface area contributed by atoms with Crippen LogP contribution in [0.4, 0.5) is 11.4 Å². The van der Waals surface area contributed by atoms with Crippen LogP contribution in [0.25, 0.3) is 6.08 Å². The Morgan fingerprint density at radius 3 is 2.66 bits per heavy atom. The number of carboxylic acids is 1. The number of anilines is 2. The third-order valence-corrected chi connectivity index (χ3v) is 7.81. The molecule has 0 radical (unpaired) electrons. The maximum atomic E-state index is 11.2. The zero-order chi connectivity index (χ0) is 22.9. The van der Waals surface area contributed by atoms with Crippen molar-refractivity contribution in [3.05, 3.63) is 59.2 Å². The van der Waals surface area contributed by atoms with E-state index in [0.717, 1.165) is 18.4 Å². The highest BCUT2D eigenvalue weighted by atomic mass is 32.2. The van der Waals surface area contributed by atoms with E-state index < -0.39 is 5.97 Å². The second kappa shape index (κ2) is 9.03. The number of carbonyl (C=O) groups is 1. The molecule has 1 N–H and O–H groups in total. The van der Waals surface area contributed by atoms with Gasteiger partial charge in [-0.3, -0.25) is 0 Å². The molecule has 1 heterocycles. The summed E-state index contributed by atoms with van der Waals surface area (Å²) >= 11 is 1.94. The number of carboxylic acid groups (broad SMARTS) is 1. The highest BCUT2D eigenvalue weighted by Crippen LogP contribution is 2.52. The van der Waals surface area contributed by atoms with Crippen LogP contribution in [0.15, 0.2) is 52.9 Å². The molecule has 1 aliphatic heterocycles. The van der Waals surface area contributed by atoms with Gasteiger partial charge in [-0.15, -0.1) is 11.8 Å². The summed E-state index contributed by atoms with van der Waals surface area (Å²) in [5.74, 6) is -0.736. The molecule has 2 aromatic carbocycles. The van der Waals surface area contributed by atoms with Crippen LogP contribution in [0.1, 0.15) is 69.9 Å². The van der Waals surface area contributed by atoms with Crippen LogP contribution >= 0.6 is 11.8 Å². The predicted molar refractivity (Wildman–Crippen MR) is 131 cm³/mol. The van der Waals surface area contributed by atoms with E-state index in [2.05, 4.69) is 62.1 Å². The molecule has 2 atom stereocenters. The zero-order valence-electron chi connectivity index (χ0n) is 19.0. The third-order valence-electron chi connectivity index (χ3n) is 6.54. The van der Waals surface area contributed by atoms with Gasteiger partial charge >= 0.3 is 5.97 Å². The molecular formula is C27H30N2O2S. The second-order valence-corrected chi connectivity index (χ2v) is 11.2. The monoisotopic (exact) mass is 446 g/mol. The maximum absolute atomic E-state index is 11.2. The quantitative estimate of drug-likeness (QED) is 0.278. The fourth-order valence-corrected chi connectivity index (χ4v) is 6.47. The molecule has 4 rings (SSSR count). The van der Waals surface area contributed by atoms with Crippen molar-refractivity contribution < 1.29 is 9.90 Å². The number of hydrogen-bond donors (Lipinski definition) is 1. The van der Waals surface area contributed by atoms with Crippen molar-refractivity contribution in [2.75, 3.05) is 4.90 Å². The average molecular weight is 447 g/mol. The van der Waals surface area contributed by atoms with Crippen LogP contribution in [0.2, 0.25) is 0 Å². The molecule has 1 fully saturated rings. The first-order valence-corrected chi connectivity index (χ1v) is 12.2. The molecule has 2 unspecified atom stereocenters. The molecular weight excluding hydrogens is 416 g/mol. The largest absolute Gasteiger partial charge is 0.477 e. The molecule has 4 nitrogen and oxygen atoms in total. The van der Waals surface area contributed by atoms with Crippen LogP contribution < -0.4 is 4.90 Å². The van der Waals surface area contributed by atoms with Gasteiger partial charge in [-0.2, -0.15) is 5.26 Å². The van der Waals surface area contributed by atoms with Crippen LogP contribution in [-0.4, -0.2) is 21.9 Å². The van der Waals surface area contributed by atoms with E-state index in [1.165, 1.54) is 47.2 Å². The lowest BCUT2D eigenvalue weighted by atomic mass is 9.95. The summed E-state index contributed by atoms with van der Waals surface area (Å²) in [6, 6.07) is 17.3. The van der Waals surface area contributed by atoms with Gasteiger partial charge in [0.2, 0.25) is 0 Å². The Bertz CT molecular complexity index is 1080. The summed E-state index contributed by atoms with van der Waals surface area (Å²) in [6.07, 6.45) is 7.34. The van der Waals surface area contributed by atoms with E-state index in [-0.39, 0.29) is 10.3 Å². The minimum Gasteiger partial charge on any atom is -0.477 e. The van der Waals surface area contributed by atoms with E-state index in [0.29, 0.717) is 12.0 Å². The second-order valence-electron chi connectivity index (χ2n) is 9.37. The maximum Gasteiger partial charge on any atom is 0.346 e. The minimum absolute atomic E-state index is 0.231. The summed E-state index contributed by atoms with van der Waals surface area (Å²) in [5.41, 5.74) is 4.23. The van der Waals surface area contributed by atoms with Gasteiger partial charge in [0, 0.05) is 33.0 Å². The normalized spacial score (nSPS) is 20.1. The Kier molecular flexibility index (Phi) is 6.35. The number of fused-ring (bicyclic) bond motifs is 3. The zero-order valence-corrected chi connectivity index (χ0v) is 19.8. The number of hydrogen-bond acceptors (Lipinski definition) is 4. The SMILES string of the molecule is CCCC(C)(C)Sc1ccc(N2c3ccc(/C=C(\C#N)C(=O)O)cc3C3CCCC32)cc1.